The van der Waals surface area contributed by atoms with E-state index >= 15 is 0 Å². The van der Waals surface area contributed by atoms with Crippen molar-refractivity contribution < 1.29 is 19.7 Å². The number of hydrogen-bond acceptors (Lipinski definition) is 4. The molecule has 4 nitrogen and oxygen atoms in total. The van der Waals surface area contributed by atoms with Crippen LogP contribution in [-0.2, 0) is 9.53 Å². The molecular weight excluding hydrogens is 364 g/mol. The highest BCUT2D eigenvalue weighted by molar-refractivity contribution is 5.74. The molecule has 0 spiro atoms. The van der Waals surface area contributed by atoms with E-state index in [2.05, 4.69) is 13.0 Å². The van der Waals surface area contributed by atoms with Gasteiger partial charge in [0, 0.05) is 12.3 Å². The zero-order chi connectivity index (χ0) is 20.8. The Balaban J connectivity index is 2.04. The lowest BCUT2D eigenvalue weighted by molar-refractivity contribution is -0.140. The van der Waals surface area contributed by atoms with Crippen molar-refractivity contribution in [3.05, 3.63) is 59.4 Å². The maximum absolute atomic E-state index is 11.7. The van der Waals surface area contributed by atoms with Gasteiger partial charge < -0.3 is 14.9 Å². The first-order valence-corrected chi connectivity index (χ1v) is 10.7. The minimum atomic E-state index is -0.166. The summed E-state index contributed by atoms with van der Waals surface area (Å²) in [6.07, 6.45) is 12.7. The van der Waals surface area contributed by atoms with Crippen molar-refractivity contribution in [2.45, 2.75) is 51.9 Å². The Morgan fingerprint density at radius 3 is 2.41 bits per heavy atom. The van der Waals surface area contributed by atoms with Crippen LogP contribution in [0.3, 0.4) is 0 Å². The quantitative estimate of drug-likeness (QED) is 0.560. The van der Waals surface area contributed by atoms with Crippen LogP contribution in [0.15, 0.2) is 53.8 Å². The fraction of sp³-hybridized carbons (Fsp3) is 0.480. The maximum Gasteiger partial charge on any atom is 0.305 e. The molecule has 0 aromatic heterocycles. The number of hydrogen-bond donors (Lipinski definition) is 2. The van der Waals surface area contributed by atoms with Crippen molar-refractivity contribution in [1.82, 2.24) is 0 Å². The van der Waals surface area contributed by atoms with Gasteiger partial charge in [-0.05, 0) is 72.9 Å². The summed E-state index contributed by atoms with van der Waals surface area (Å²) in [6.45, 7) is 2.13. The highest BCUT2D eigenvalue weighted by Crippen LogP contribution is 2.44. The van der Waals surface area contributed by atoms with Gasteiger partial charge in [0.2, 0.25) is 0 Å². The lowest BCUT2D eigenvalue weighted by Crippen LogP contribution is -2.17. The normalized spacial score (nSPS) is 22.9. The van der Waals surface area contributed by atoms with Gasteiger partial charge in [0.25, 0.3) is 0 Å². The molecule has 3 rings (SSSR count). The number of ether oxygens (including phenoxy) is 1. The molecule has 0 heterocycles. The van der Waals surface area contributed by atoms with Gasteiger partial charge in [0.05, 0.1) is 7.11 Å². The van der Waals surface area contributed by atoms with Gasteiger partial charge in [-0.25, -0.2) is 0 Å². The predicted molar refractivity (Wildman–Crippen MR) is 115 cm³/mol. The number of allylic oxidation sites excluding steroid dienone is 5. The molecule has 0 saturated heterocycles. The number of aliphatic hydroxyl groups excluding tert-OH is 1. The molecule has 29 heavy (non-hydrogen) atoms. The molecule has 2 atom stereocenters. The topological polar surface area (TPSA) is 66.8 Å². The zero-order valence-electron chi connectivity index (χ0n) is 17.4. The predicted octanol–water partition coefficient (Wildman–Crippen LogP) is 5.94. The number of rotatable bonds is 7. The van der Waals surface area contributed by atoms with E-state index in [0.29, 0.717) is 18.1 Å². The lowest BCUT2D eigenvalue weighted by atomic mass is 9.74. The first kappa shape index (κ1) is 21.2. The Morgan fingerprint density at radius 2 is 1.79 bits per heavy atom. The van der Waals surface area contributed by atoms with Crippen LogP contribution in [0.2, 0.25) is 0 Å². The summed E-state index contributed by atoms with van der Waals surface area (Å²) in [4.78, 5) is 11.7. The molecule has 0 radical (unpaired) electrons. The van der Waals surface area contributed by atoms with Crippen molar-refractivity contribution in [2.75, 3.05) is 7.11 Å². The third kappa shape index (κ3) is 5.31. The van der Waals surface area contributed by atoms with E-state index in [1.807, 2.05) is 18.2 Å². The van der Waals surface area contributed by atoms with Gasteiger partial charge in [-0.2, -0.15) is 0 Å². The summed E-state index contributed by atoms with van der Waals surface area (Å²) in [5.41, 5.74) is 3.82. The average molecular weight is 397 g/mol. The van der Waals surface area contributed by atoms with Gasteiger partial charge >= 0.3 is 5.97 Å². The van der Waals surface area contributed by atoms with E-state index in [0.717, 1.165) is 18.4 Å². The van der Waals surface area contributed by atoms with E-state index in [4.69, 9.17) is 4.74 Å². The molecule has 2 aliphatic rings. The summed E-state index contributed by atoms with van der Waals surface area (Å²) in [5, 5.41) is 19.7. The number of carbonyl (C=O) groups is 1. The van der Waals surface area contributed by atoms with Gasteiger partial charge in [-0.15, -0.1) is 0 Å². The molecule has 1 aromatic carbocycles. The standard InChI is InChI=1S/C25H32O4/c1-17-16-21(27)14-15-22(17)25(19-10-12-20(26)13-11-19)23(18-6-3-4-7-18)8-5-9-24(28)29-2/h10-18,22,26-27H,3-9H2,1-2H3/b25-23-. The van der Waals surface area contributed by atoms with Crippen molar-refractivity contribution in [3.8, 4) is 5.75 Å². The Kier molecular flexibility index (Phi) is 7.18. The minimum Gasteiger partial charge on any atom is -0.508 e. The summed E-state index contributed by atoms with van der Waals surface area (Å²) in [7, 11) is 1.44. The third-order valence-corrected chi connectivity index (χ3v) is 6.23. The highest BCUT2D eigenvalue weighted by Gasteiger charge is 2.29. The van der Waals surface area contributed by atoms with Crippen LogP contribution in [0.25, 0.3) is 5.57 Å². The van der Waals surface area contributed by atoms with E-state index in [-0.39, 0.29) is 23.6 Å². The van der Waals surface area contributed by atoms with Crippen LogP contribution in [0.1, 0.15) is 57.4 Å². The fourth-order valence-corrected chi connectivity index (χ4v) is 4.76. The molecule has 0 amide bonds. The highest BCUT2D eigenvalue weighted by atomic mass is 16.5. The summed E-state index contributed by atoms with van der Waals surface area (Å²) in [5.74, 6) is 1.25. The van der Waals surface area contributed by atoms with Gasteiger partial charge in [-0.1, -0.05) is 43.5 Å². The molecular formula is C25H32O4. The SMILES string of the molecule is COC(=O)CCC/C(=C(\c1ccc(O)cc1)C1C=CC(O)=CC1C)C1CCCC1. The van der Waals surface area contributed by atoms with E-state index in [9.17, 15) is 15.0 Å². The molecule has 156 valence electrons. The van der Waals surface area contributed by atoms with Crippen molar-refractivity contribution in [3.63, 3.8) is 0 Å². The second-order valence-corrected chi connectivity index (χ2v) is 8.23. The van der Waals surface area contributed by atoms with E-state index in [1.165, 1.54) is 43.9 Å². The van der Waals surface area contributed by atoms with Gasteiger partial charge in [-0.3, -0.25) is 4.79 Å². The van der Waals surface area contributed by atoms with Crippen molar-refractivity contribution in [1.29, 1.82) is 0 Å². The summed E-state index contributed by atoms with van der Waals surface area (Å²) < 4.78 is 4.83. The monoisotopic (exact) mass is 396 g/mol. The first-order valence-electron chi connectivity index (χ1n) is 10.7. The number of carbonyl (C=O) groups excluding carboxylic acids is 1. The average Bonchev–Trinajstić information content (AvgIpc) is 3.24. The van der Waals surface area contributed by atoms with Crippen LogP contribution in [0, 0.1) is 17.8 Å². The van der Waals surface area contributed by atoms with Crippen LogP contribution in [0.5, 0.6) is 5.75 Å². The van der Waals surface area contributed by atoms with E-state index < -0.39 is 0 Å². The maximum atomic E-state index is 11.7. The number of phenolic OH excluding ortho intramolecular Hbond substituents is 1. The summed E-state index contributed by atoms with van der Waals surface area (Å²) >= 11 is 0. The van der Waals surface area contributed by atoms with Crippen LogP contribution in [-0.4, -0.2) is 23.3 Å². The first-order chi connectivity index (χ1) is 14.0. The molecule has 1 fully saturated rings. The molecule has 0 aliphatic heterocycles. The van der Waals surface area contributed by atoms with Crippen LogP contribution in [0.4, 0.5) is 0 Å². The second-order valence-electron chi connectivity index (χ2n) is 8.23. The van der Waals surface area contributed by atoms with E-state index in [1.54, 1.807) is 18.2 Å². The number of phenols is 1. The number of methoxy groups -OCH3 is 1. The summed E-state index contributed by atoms with van der Waals surface area (Å²) in [6, 6.07) is 7.44. The molecule has 0 bridgehead atoms. The number of aromatic hydroxyl groups is 1. The molecule has 1 aromatic rings. The Bertz CT molecular complexity index is 795. The zero-order valence-corrected chi connectivity index (χ0v) is 17.4. The van der Waals surface area contributed by atoms with Gasteiger partial charge in [0.15, 0.2) is 0 Å². The van der Waals surface area contributed by atoms with Crippen LogP contribution < -0.4 is 0 Å². The Morgan fingerprint density at radius 1 is 1.10 bits per heavy atom. The fourth-order valence-electron chi connectivity index (χ4n) is 4.76. The molecule has 1 saturated carbocycles. The molecule has 2 aliphatic carbocycles. The Hall–Kier alpha value is -2.49. The smallest absolute Gasteiger partial charge is 0.305 e. The Labute approximate surface area is 173 Å². The molecule has 2 N–H and O–H groups in total. The third-order valence-electron chi connectivity index (χ3n) is 6.23. The molecule has 4 heteroatoms. The number of aliphatic hydroxyl groups is 1. The largest absolute Gasteiger partial charge is 0.508 e. The van der Waals surface area contributed by atoms with Crippen molar-refractivity contribution >= 4 is 11.5 Å². The number of benzene rings is 1. The van der Waals surface area contributed by atoms with Crippen molar-refractivity contribution in [2.24, 2.45) is 17.8 Å². The van der Waals surface area contributed by atoms with Gasteiger partial charge in [0.1, 0.15) is 11.5 Å². The number of esters is 1. The second kappa shape index (κ2) is 9.82. The molecule has 2 unspecified atom stereocenters. The van der Waals surface area contributed by atoms with Crippen LogP contribution >= 0.6 is 0 Å². The lowest BCUT2D eigenvalue weighted by Gasteiger charge is -2.30. The minimum absolute atomic E-state index is 0.157.